The molecule has 1 amide bonds. The molecule has 0 saturated carbocycles. The van der Waals surface area contributed by atoms with Crippen molar-refractivity contribution in [2.24, 2.45) is 5.73 Å². The van der Waals surface area contributed by atoms with Gasteiger partial charge in [-0.2, -0.15) is 0 Å². The van der Waals surface area contributed by atoms with Crippen molar-refractivity contribution in [3.8, 4) is 5.75 Å². The van der Waals surface area contributed by atoms with Crippen molar-refractivity contribution in [3.05, 3.63) is 83.4 Å². The van der Waals surface area contributed by atoms with Gasteiger partial charge >= 0.3 is 5.97 Å². The fourth-order valence-electron chi connectivity index (χ4n) is 2.80. The van der Waals surface area contributed by atoms with Crippen molar-refractivity contribution in [1.29, 1.82) is 0 Å². The Kier molecular flexibility index (Phi) is 5.31. The first-order chi connectivity index (χ1) is 13.0. The van der Waals surface area contributed by atoms with Crippen LogP contribution in [0.2, 0.25) is 0 Å². The van der Waals surface area contributed by atoms with Crippen molar-refractivity contribution in [3.63, 3.8) is 0 Å². The van der Waals surface area contributed by atoms with E-state index in [1.165, 1.54) is 12.1 Å². The normalized spacial score (nSPS) is 14.4. The molecule has 0 bridgehead atoms. The minimum atomic E-state index is -0.580. The number of rotatable bonds is 5. The van der Waals surface area contributed by atoms with Crippen LogP contribution in [0.4, 0.5) is 0 Å². The number of nitrogens with two attached hydrogens (primary N) is 1. The molecule has 5 nitrogen and oxygen atoms in total. The summed E-state index contributed by atoms with van der Waals surface area (Å²) in [6.07, 6.45) is 5.09. The van der Waals surface area contributed by atoms with Gasteiger partial charge in [-0.3, -0.25) is 14.4 Å². The molecule has 3 rings (SSSR count). The molecule has 2 N–H and O–H groups in total. The molecule has 0 spiro atoms. The maximum Gasteiger partial charge on any atom is 0.318 e. The van der Waals surface area contributed by atoms with Gasteiger partial charge in [0.2, 0.25) is 5.91 Å². The predicted molar refractivity (Wildman–Crippen MR) is 102 cm³/mol. The van der Waals surface area contributed by atoms with E-state index < -0.39 is 17.8 Å². The Morgan fingerprint density at radius 3 is 2.44 bits per heavy atom. The lowest BCUT2D eigenvalue weighted by Gasteiger charge is -2.16. The molecule has 1 aliphatic carbocycles. The maximum atomic E-state index is 12.6. The topological polar surface area (TPSA) is 86.5 Å². The molecule has 1 atom stereocenters. The highest BCUT2D eigenvalue weighted by molar-refractivity contribution is 6.00. The smallest absolute Gasteiger partial charge is 0.318 e. The van der Waals surface area contributed by atoms with Crippen LogP contribution in [0.3, 0.4) is 0 Å². The van der Waals surface area contributed by atoms with Crippen molar-refractivity contribution < 1.29 is 19.1 Å². The van der Waals surface area contributed by atoms with E-state index in [2.05, 4.69) is 0 Å². The van der Waals surface area contributed by atoms with Crippen molar-refractivity contribution in [1.82, 2.24) is 0 Å². The number of amides is 1. The summed E-state index contributed by atoms with van der Waals surface area (Å²) in [7, 11) is 0. The van der Waals surface area contributed by atoms with Crippen LogP contribution in [0.1, 0.15) is 40.7 Å². The molecule has 0 fully saturated rings. The molecule has 0 aliphatic heterocycles. The molecule has 27 heavy (non-hydrogen) atoms. The summed E-state index contributed by atoms with van der Waals surface area (Å²) in [6, 6.07) is 14.0. The average molecular weight is 361 g/mol. The zero-order valence-corrected chi connectivity index (χ0v) is 14.8. The minimum Gasteiger partial charge on any atom is -0.425 e. The Bertz CT molecular complexity index is 958. The largest absolute Gasteiger partial charge is 0.425 e. The van der Waals surface area contributed by atoms with Gasteiger partial charge < -0.3 is 10.5 Å². The highest BCUT2D eigenvalue weighted by Gasteiger charge is 2.21. The Hall–Kier alpha value is -3.47. The monoisotopic (exact) mass is 361 g/mol. The fourth-order valence-corrected chi connectivity index (χ4v) is 2.80. The summed E-state index contributed by atoms with van der Waals surface area (Å²) in [5, 5.41) is 0. The second-order valence-corrected chi connectivity index (χ2v) is 6.29. The van der Waals surface area contributed by atoms with Crippen LogP contribution in [0, 0.1) is 0 Å². The summed E-state index contributed by atoms with van der Waals surface area (Å²) in [5.74, 6) is -1.14. The van der Waals surface area contributed by atoms with E-state index in [4.69, 9.17) is 10.5 Å². The minimum absolute atomic E-state index is 0.0129. The summed E-state index contributed by atoms with van der Waals surface area (Å²) >= 11 is 0. The summed E-state index contributed by atoms with van der Waals surface area (Å²) in [4.78, 5) is 35.6. The van der Waals surface area contributed by atoms with Crippen molar-refractivity contribution in [2.75, 3.05) is 0 Å². The second-order valence-electron chi connectivity index (χ2n) is 6.29. The Morgan fingerprint density at radius 1 is 1.07 bits per heavy atom. The van der Waals surface area contributed by atoms with Gasteiger partial charge in [0.05, 0.1) is 5.92 Å². The molecule has 0 heterocycles. The van der Waals surface area contributed by atoms with E-state index in [-0.39, 0.29) is 12.2 Å². The molecule has 136 valence electrons. The van der Waals surface area contributed by atoms with Crippen LogP contribution in [0.5, 0.6) is 5.75 Å². The number of ether oxygens (including phenoxy) is 1. The second kappa shape index (κ2) is 7.83. The highest BCUT2D eigenvalue weighted by Crippen LogP contribution is 2.31. The van der Waals surface area contributed by atoms with Crippen LogP contribution in [-0.4, -0.2) is 17.7 Å². The number of carbonyl (C=O) groups is 3. The Balaban J connectivity index is 1.92. The van der Waals surface area contributed by atoms with Crippen LogP contribution >= 0.6 is 0 Å². The van der Waals surface area contributed by atoms with Gasteiger partial charge in [-0.25, -0.2) is 0 Å². The number of esters is 1. The van der Waals surface area contributed by atoms with E-state index in [0.717, 1.165) is 5.56 Å². The predicted octanol–water partition coefficient (Wildman–Crippen LogP) is 3.41. The van der Waals surface area contributed by atoms with Gasteiger partial charge in [0, 0.05) is 17.5 Å². The number of benzene rings is 2. The third-order valence-electron chi connectivity index (χ3n) is 4.41. The summed E-state index contributed by atoms with van der Waals surface area (Å²) in [6.45, 7) is 1.77. The molecule has 1 unspecified atom stereocenters. The lowest BCUT2D eigenvalue weighted by atomic mass is 9.96. The number of hydrogen-bond acceptors (Lipinski definition) is 4. The lowest BCUT2D eigenvalue weighted by molar-refractivity contribution is -0.135. The molecule has 0 saturated heterocycles. The van der Waals surface area contributed by atoms with Gasteiger partial charge in [0.25, 0.3) is 0 Å². The highest BCUT2D eigenvalue weighted by atomic mass is 16.5. The molecule has 2 aromatic rings. The quantitative estimate of drug-likeness (QED) is 0.653. The van der Waals surface area contributed by atoms with E-state index in [1.54, 1.807) is 31.2 Å². The summed E-state index contributed by atoms with van der Waals surface area (Å²) in [5.41, 5.74) is 7.76. The van der Waals surface area contributed by atoms with Gasteiger partial charge in [0.15, 0.2) is 5.78 Å². The lowest BCUT2D eigenvalue weighted by Crippen LogP contribution is -2.17. The third kappa shape index (κ3) is 4.20. The van der Waals surface area contributed by atoms with Crippen molar-refractivity contribution in [2.45, 2.75) is 19.3 Å². The average Bonchev–Trinajstić information content (AvgIpc) is 2.69. The first kappa shape index (κ1) is 18.3. The van der Waals surface area contributed by atoms with E-state index in [1.807, 2.05) is 30.3 Å². The molecule has 1 aliphatic rings. The Labute approximate surface area is 157 Å². The van der Waals surface area contributed by atoms with Crippen molar-refractivity contribution >= 4 is 23.2 Å². The van der Waals surface area contributed by atoms with Crippen LogP contribution in [0.15, 0.2) is 66.8 Å². The van der Waals surface area contributed by atoms with Gasteiger partial charge in [0.1, 0.15) is 5.75 Å². The summed E-state index contributed by atoms with van der Waals surface area (Å²) < 4.78 is 5.63. The molecule has 2 aromatic carbocycles. The number of carbonyl (C=O) groups excluding carboxylic acids is 3. The third-order valence-corrected chi connectivity index (χ3v) is 4.41. The Morgan fingerprint density at radius 2 is 1.81 bits per heavy atom. The maximum absolute atomic E-state index is 12.6. The standard InChI is InChI=1S/C22H19NO4/c1-14(15-5-3-2-4-6-15)22(26)27-20-12-9-17(21(23)25)13-19(20)16-7-10-18(24)11-8-16/h2-10,12-14H,11H2,1H3,(H2,23,25). The molecular weight excluding hydrogens is 342 g/mol. The van der Waals surface area contributed by atoms with E-state index >= 15 is 0 Å². The molecule has 0 radical (unpaired) electrons. The van der Waals surface area contributed by atoms with Gasteiger partial charge in [-0.1, -0.05) is 42.5 Å². The number of allylic oxidation sites excluding steroid dienone is 4. The molecule has 0 aromatic heterocycles. The number of hydrogen-bond donors (Lipinski definition) is 1. The SMILES string of the molecule is CC(C(=O)Oc1ccc(C(N)=O)cc1C1=CCC(=O)C=C1)c1ccccc1. The number of ketones is 1. The van der Waals surface area contributed by atoms with Gasteiger partial charge in [-0.05, 0) is 42.3 Å². The first-order valence-electron chi connectivity index (χ1n) is 8.57. The number of primary amides is 1. The van der Waals surface area contributed by atoms with Crippen LogP contribution in [0.25, 0.3) is 5.57 Å². The molecule has 5 heteroatoms. The fraction of sp³-hybridized carbons (Fsp3) is 0.136. The van der Waals surface area contributed by atoms with E-state index in [9.17, 15) is 14.4 Å². The van der Waals surface area contributed by atoms with Crippen LogP contribution < -0.4 is 10.5 Å². The van der Waals surface area contributed by atoms with Crippen LogP contribution in [-0.2, 0) is 9.59 Å². The zero-order chi connectivity index (χ0) is 19.4. The van der Waals surface area contributed by atoms with Gasteiger partial charge in [-0.15, -0.1) is 0 Å². The first-order valence-corrected chi connectivity index (χ1v) is 8.57. The van der Waals surface area contributed by atoms with E-state index in [0.29, 0.717) is 22.4 Å². The molecular formula is C22H19NO4. The zero-order valence-electron chi connectivity index (χ0n) is 14.8.